The SMILES string of the molecule is CCCCCCCC/C=C/C/C=C/C=C/C(O)CCCC(=O)O[C@@H](CO)COC(=O)CCCCCCCCCCCCCCCCC(C)C. The summed E-state index contributed by atoms with van der Waals surface area (Å²) in [6, 6.07) is 0. The molecule has 0 aromatic heterocycles. The van der Waals surface area contributed by atoms with Gasteiger partial charge >= 0.3 is 11.9 Å². The maximum Gasteiger partial charge on any atom is 0.306 e. The van der Waals surface area contributed by atoms with Crippen molar-refractivity contribution in [2.45, 2.75) is 206 Å². The van der Waals surface area contributed by atoms with E-state index >= 15 is 0 Å². The summed E-state index contributed by atoms with van der Waals surface area (Å²) in [5.74, 6) is 0.0591. The number of aliphatic hydroxyl groups is 2. The molecule has 6 heteroatoms. The summed E-state index contributed by atoms with van der Waals surface area (Å²) in [6.07, 6.45) is 41.0. The molecule has 2 atom stereocenters. The zero-order valence-electron chi connectivity index (χ0n) is 32.2. The Morgan fingerprint density at radius 3 is 1.76 bits per heavy atom. The summed E-state index contributed by atoms with van der Waals surface area (Å²) in [5.41, 5.74) is 0. The first-order chi connectivity index (χ1) is 23.9. The highest BCUT2D eigenvalue weighted by atomic mass is 16.6. The fourth-order valence-corrected chi connectivity index (χ4v) is 5.81. The molecule has 0 aliphatic carbocycles. The number of esters is 2. The van der Waals surface area contributed by atoms with E-state index in [0.29, 0.717) is 19.3 Å². The molecule has 49 heavy (non-hydrogen) atoms. The number of hydrogen-bond donors (Lipinski definition) is 2. The highest BCUT2D eigenvalue weighted by Gasteiger charge is 2.16. The second-order valence-corrected chi connectivity index (χ2v) is 14.4. The molecular formula is C43H78O6. The van der Waals surface area contributed by atoms with Crippen LogP contribution in [0, 0.1) is 5.92 Å². The monoisotopic (exact) mass is 691 g/mol. The standard InChI is InChI=1S/C43H78O6/c1-4-5-6-7-8-9-10-13-17-20-23-26-29-33-40(45)34-31-36-43(47)49-41(37-44)38-48-42(46)35-30-27-24-21-18-15-12-11-14-16-19-22-25-28-32-39(2)3/h13,17,23,26,29,33,39-41,44-45H,4-12,14-16,18-22,24-25,27-28,30-32,34-38H2,1-3H3/b17-13+,26-23+,33-29+/t40?,41-/m0/s1. The highest BCUT2D eigenvalue weighted by molar-refractivity contribution is 5.70. The molecule has 0 aliphatic rings. The minimum absolute atomic E-state index is 0.132. The molecule has 0 heterocycles. The number of rotatable bonds is 36. The van der Waals surface area contributed by atoms with Crippen LogP contribution in [0.4, 0.5) is 0 Å². The van der Waals surface area contributed by atoms with Crippen molar-refractivity contribution in [2.75, 3.05) is 13.2 Å². The summed E-state index contributed by atoms with van der Waals surface area (Å²) < 4.78 is 10.5. The summed E-state index contributed by atoms with van der Waals surface area (Å²) >= 11 is 0. The third-order valence-electron chi connectivity index (χ3n) is 8.97. The van der Waals surface area contributed by atoms with Gasteiger partial charge in [-0.1, -0.05) is 179 Å². The molecule has 0 radical (unpaired) electrons. The number of allylic oxidation sites excluding steroid dienone is 5. The van der Waals surface area contributed by atoms with Gasteiger partial charge in [0.15, 0.2) is 6.10 Å². The van der Waals surface area contributed by atoms with E-state index in [1.165, 1.54) is 116 Å². The van der Waals surface area contributed by atoms with E-state index in [-0.39, 0.29) is 19.0 Å². The molecule has 0 fully saturated rings. The Labute approximate surface area is 302 Å². The van der Waals surface area contributed by atoms with Crippen LogP contribution in [0.1, 0.15) is 194 Å². The minimum atomic E-state index is -0.860. The van der Waals surface area contributed by atoms with Crippen molar-refractivity contribution in [1.82, 2.24) is 0 Å². The van der Waals surface area contributed by atoms with Crippen LogP contribution in [0.15, 0.2) is 36.5 Å². The van der Waals surface area contributed by atoms with Crippen molar-refractivity contribution in [1.29, 1.82) is 0 Å². The Balaban J connectivity index is 3.71. The molecule has 0 saturated carbocycles. The van der Waals surface area contributed by atoms with Crippen molar-refractivity contribution in [3.63, 3.8) is 0 Å². The summed E-state index contributed by atoms with van der Waals surface area (Å²) in [4.78, 5) is 24.3. The summed E-state index contributed by atoms with van der Waals surface area (Å²) in [5, 5.41) is 19.7. The second-order valence-electron chi connectivity index (χ2n) is 14.4. The zero-order chi connectivity index (χ0) is 36.0. The lowest BCUT2D eigenvalue weighted by Crippen LogP contribution is -2.28. The van der Waals surface area contributed by atoms with Gasteiger partial charge in [-0.15, -0.1) is 0 Å². The molecule has 0 aliphatic heterocycles. The van der Waals surface area contributed by atoms with Crippen LogP contribution >= 0.6 is 0 Å². The minimum Gasteiger partial charge on any atom is -0.462 e. The van der Waals surface area contributed by atoms with Gasteiger partial charge in [0.1, 0.15) is 6.61 Å². The van der Waals surface area contributed by atoms with Crippen LogP contribution in [0.3, 0.4) is 0 Å². The Bertz CT molecular complexity index is 817. The van der Waals surface area contributed by atoms with Crippen molar-refractivity contribution in [3.8, 4) is 0 Å². The highest BCUT2D eigenvalue weighted by Crippen LogP contribution is 2.15. The molecule has 1 unspecified atom stereocenters. The summed E-state index contributed by atoms with van der Waals surface area (Å²) in [7, 11) is 0. The third kappa shape index (κ3) is 37.2. The van der Waals surface area contributed by atoms with Crippen molar-refractivity contribution < 1.29 is 29.3 Å². The number of ether oxygens (including phenoxy) is 2. The van der Waals surface area contributed by atoms with Gasteiger partial charge in [0, 0.05) is 12.8 Å². The number of unbranched alkanes of at least 4 members (excludes halogenated alkanes) is 19. The Hall–Kier alpha value is -1.92. The average Bonchev–Trinajstić information content (AvgIpc) is 3.08. The van der Waals surface area contributed by atoms with E-state index in [0.717, 1.165) is 38.0 Å². The van der Waals surface area contributed by atoms with Crippen LogP contribution in [-0.4, -0.2) is 47.6 Å². The van der Waals surface area contributed by atoms with E-state index in [2.05, 4.69) is 39.0 Å². The van der Waals surface area contributed by atoms with Gasteiger partial charge in [-0.25, -0.2) is 0 Å². The Kier molecular flexibility index (Phi) is 35.9. The topological polar surface area (TPSA) is 93.1 Å². The largest absolute Gasteiger partial charge is 0.462 e. The predicted octanol–water partition coefficient (Wildman–Crippen LogP) is 11.7. The number of carbonyl (C=O) groups excluding carboxylic acids is 2. The van der Waals surface area contributed by atoms with Crippen LogP contribution in [0.5, 0.6) is 0 Å². The van der Waals surface area contributed by atoms with E-state index in [9.17, 15) is 19.8 Å². The first-order valence-corrected chi connectivity index (χ1v) is 20.5. The fourth-order valence-electron chi connectivity index (χ4n) is 5.81. The normalized spacial score (nSPS) is 13.3. The van der Waals surface area contributed by atoms with Crippen LogP contribution in [-0.2, 0) is 19.1 Å². The molecule has 2 N–H and O–H groups in total. The molecule has 0 bridgehead atoms. The lowest BCUT2D eigenvalue weighted by molar-refractivity contribution is -0.161. The van der Waals surface area contributed by atoms with Crippen molar-refractivity contribution >= 4 is 11.9 Å². The van der Waals surface area contributed by atoms with Gasteiger partial charge in [-0.3, -0.25) is 9.59 Å². The van der Waals surface area contributed by atoms with E-state index in [4.69, 9.17) is 9.47 Å². The average molecular weight is 691 g/mol. The van der Waals surface area contributed by atoms with Crippen molar-refractivity contribution in [3.05, 3.63) is 36.5 Å². The first kappa shape index (κ1) is 47.1. The van der Waals surface area contributed by atoms with Crippen LogP contribution < -0.4 is 0 Å². The fraction of sp³-hybridized carbons (Fsp3) is 0.814. The lowest BCUT2D eigenvalue weighted by Gasteiger charge is -2.16. The molecule has 0 aromatic rings. The predicted molar refractivity (Wildman–Crippen MR) is 207 cm³/mol. The first-order valence-electron chi connectivity index (χ1n) is 20.5. The maximum atomic E-state index is 12.2. The molecular weight excluding hydrogens is 612 g/mol. The molecule has 286 valence electrons. The quantitative estimate of drug-likeness (QED) is 0.0294. The van der Waals surface area contributed by atoms with Gasteiger partial charge in [-0.05, 0) is 44.4 Å². The molecule has 0 saturated heterocycles. The van der Waals surface area contributed by atoms with Crippen LogP contribution in [0.25, 0.3) is 0 Å². The lowest BCUT2D eigenvalue weighted by atomic mass is 10.0. The molecule has 0 rings (SSSR count). The Morgan fingerprint density at radius 2 is 1.16 bits per heavy atom. The van der Waals surface area contributed by atoms with E-state index in [1.54, 1.807) is 6.08 Å². The van der Waals surface area contributed by atoms with Gasteiger partial charge in [0.05, 0.1) is 12.7 Å². The van der Waals surface area contributed by atoms with Gasteiger partial charge in [-0.2, -0.15) is 0 Å². The van der Waals surface area contributed by atoms with Crippen molar-refractivity contribution in [2.24, 2.45) is 5.92 Å². The third-order valence-corrected chi connectivity index (χ3v) is 8.97. The van der Waals surface area contributed by atoms with E-state index < -0.39 is 24.8 Å². The molecule has 0 aromatic carbocycles. The zero-order valence-corrected chi connectivity index (χ0v) is 32.2. The molecule has 6 nitrogen and oxygen atoms in total. The smallest absolute Gasteiger partial charge is 0.306 e. The van der Waals surface area contributed by atoms with E-state index in [1.807, 2.05) is 12.2 Å². The van der Waals surface area contributed by atoms with Crippen LogP contribution in [0.2, 0.25) is 0 Å². The second kappa shape index (κ2) is 37.3. The molecule has 0 spiro atoms. The van der Waals surface area contributed by atoms with Gasteiger partial charge in [0.2, 0.25) is 0 Å². The number of hydrogen-bond acceptors (Lipinski definition) is 6. The number of aliphatic hydroxyl groups excluding tert-OH is 2. The molecule has 0 amide bonds. The van der Waals surface area contributed by atoms with Gasteiger partial charge in [0.25, 0.3) is 0 Å². The number of carbonyl (C=O) groups is 2. The Morgan fingerprint density at radius 1 is 0.612 bits per heavy atom. The summed E-state index contributed by atoms with van der Waals surface area (Å²) in [6.45, 7) is 6.33. The van der Waals surface area contributed by atoms with Gasteiger partial charge < -0.3 is 19.7 Å². The maximum absolute atomic E-state index is 12.2.